The van der Waals surface area contributed by atoms with Crippen molar-refractivity contribution >= 4 is 5.69 Å². The summed E-state index contributed by atoms with van der Waals surface area (Å²) in [5, 5.41) is 13.3. The first-order valence-electron chi connectivity index (χ1n) is 7.07. The maximum Gasteiger partial charge on any atom is 0.142 e. The summed E-state index contributed by atoms with van der Waals surface area (Å²) in [5.74, 6) is 1.41. The number of ether oxygens (including phenoxy) is 1. The summed E-state index contributed by atoms with van der Waals surface area (Å²) in [6, 6.07) is 8.32. The summed E-state index contributed by atoms with van der Waals surface area (Å²) >= 11 is 0. The first-order valence-corrected chi connectivity index (χ1v) is 7.07. The lowest BCUT2D eigenvalue weighted by atomic mass is 9.64. The Morgan fingerprint density at radius 2 is 2.05 bits per heavy atom. The molecule has 3 heteroatoms. The average molecular weight is 263 g/mol. The van der Waals surface area contributed by atoms with Crippen LogP contribution in [-0.4, -0.2) is 23.9 Å². The molecule has 1 aromatic carbocycles. The third-order valence-electron chi connectivity index (χ3n) is 4.00. The zero-order valence-corrected chi connectivity index (χ0v) is 12.3. The van der Waals surface area contributed by atoms with E-state index < -0.39 is 0 Å². The molecule has 0 radical (unpaired) electrons. The van der Waals surface area contributed by atoms with Gasteiger partial charge in [0.05, 0.1) is 18.4 Å². The standard InChI is InChI=1S/C16H25NO2/c1-11(2)10-19-13-8-6-5-7-12(13)17-14-9-15(18)16(14,3)4/h5-8,11,14-15,17-18H,9-10H2,1-4H3. The third-order valence-corrected chi connectivity index (χ3v) is 4.00. The molecule has 1 aromatic rings. The molecule has 106 valence electrons. The van der Waals surface area contributed by atoms with E-state index in [2.05, 4.69) is 33.0 Å². The number of aliphatic hydroxyl groups is 1. The van der Waals surface area contributed by atoms with Crippen molar-refractivity contribution in [1.29, 1.82) is 0 Å². The molecule has 2 atom stereocenters. The average Bonchev–Trinajstić information content (AvgIpc) is 2.37. The number of para-hydroxylation sites is 2. The Bertz CT molecular complexity index is 429. The molecular weight excluding hydrogens is 238 g/mol. The van der Waals surface area contributed by atoms with Crippen LogP contribution in [0.1, 0.15) is 34.1 Å². The van der Waals surface area contributed by atoms with Gasteiger partial charge in [-0.15, -0.1) is 0 Å². The van der Waals surface area contributed by atoms with E-state index in [0.29, 0.717) is 12.0 Å². The van der Waals surface area contributed by atoms with Crippen LogP contribution in [0.15, 0.2) is 24.3 Å². The van der Waals surface area contributed by atoms with E-state index in [9.17, 15) is 5.11 Å². The maximum absolute atomic E-state index is 9.80. The topological polar surface area (TPSA) is 41.5 Å². The Labute approximate surface area is 116 Å². The molecule has 2 rings (SSSR count). The number of benzene rings is 1. The third kappa shape index (κ3) is 3.03. The molecule has 0 spiro atoms. The van der Waals surface area contributed by atoms with E-state index >= 15 is 0 Å². The first-order chi connectivity index (χ1) is 8.91. The van der Waals surface area contributed by atoms with Crippen LogP contribution < -0.4 is 10.1 Å². The predicted molar refractivity (Wildman–Crippen MR) is 78.6 cm³/mol. The smallest absolute Gasteiger partial charge is 0.142 e. The van der Waals surface area contributed by atoms with Crippen molar-refractivity contribution in [1.82, 2.24) is 0 Å². The van der Waals surface area contributed by atoms with Crippen molar-refractivity contribution in [2.75, 3.05) is 11.9 Å². The van der Waals surface area contributed by atoms with E-state index in [-0.39, 0.29) is 11.5 Å². The Hall–Kier alpha value is -1.22. The highest BCUT2D eigenvalue weighted by Crippen LogP contribution is 2.43. The van der Waals surface area contributed by atoms with Crippen molar-refractivity contribution in [2.45, 2.75) is 46.3 Å². The van der Waals surface area contributed by atoms with Gasteiger partial charge in [0.15, 0.2) is 0 Å². The molecule has 19 heavy (non-hydrogen) atoms. The molecule has 3 nitrogen and oxygen atoms in total. The van der Waals surface area contributed by atoms with E-state index in [4.69, 9.17) is 4.74 Å². The Balaban J connectivity index is 2.04. The Morgan fingerprint density at radius 1 is 1.37 bits per heavy atom. The van der Waals surface area contributed by atoms with Gasteiger partial charge in [-0.1, -0.05) is 39.8 Å². The Kier molecular flexibility index (Phi) is 4.04. The van der Waals surface area contributed by atoms with E-state index in [0.717, 1.165) is 24.5 Å². The quantitative estimate of drug-likeness (QED) is 0.856. The maximum atomic E-state index is 9.80. The molecule has 0 amide bonds. The number of rotatable bonds is 5. The second kappa shape index (κ2) is 5.41. The number of hydrogen-bond acceptors (Lipinski definition) is 3. The van der Waals surface area contributed by atoms with Gasteiger partial charge in [-0.2, -0.15) is 0 Å². The van der Waals surface area contributed by atoms with Gasteiger partial charge in [-0.3, -0.25) is 0 Å². The lowest BCUT2D eigenvalue weighted by Gasteiger charge is -2.50. The van der Waals surface area contributed by atoms with Gasteiger partial charge in [-0.25, -0.2) is 0 Å². The molecule has 1 saturated carbocycles. The fraction of sp³-hybridized carbons (Fsp3) is 0.625. The fourth-order valence-corrected chi connectivity index (χ4v) is 2.30. The van der Waals surface area contributed by atoms with Crippen molar-refractivity contribution in [3.63, 3.8) is 0 Å². The lowest BCUT2D eigenvalue weighted by molar-refractivity contribution is -0.0511. The summed E-state index contributed by atoms with van der Waals surface area (Å²) in [5.41, 5.74) is 0.943. The molecule has 0 heterocycles. The normalized spacial score (nSPS) is 24.9. The van der Waals surface area contributed by atoms with Crippen molar-refractivity contribution in [3.8, 4) is 5.75 Å². The molecule has 0 aliphatic heterocycles. The molecule has 1 aliphatic rings. The number of nitrogens with one attached hydrogen (secondary N) is 1. The molecular formula is C16H25NO2. The minimum Gasteiger partial charge on any atom is -0.491 e. The second-order valence-electron chi connectivity index (χ2n) is 6.47. The highest BCUT2D eigenvalue weighted by Gasteiger charge is 2.47. The molecule has 0 saturated heterocycles. The van der Waals surface area contributed by atoms with Gasteiger partial charge in [0, 0.05) is 11.5 Å². The summed E-state index contributed by atoms with van der Waals surface area (Å²) in [6.07, 6.45) is 0.583. The fourth-order valence-electron chi connectivity index (χ4n) is 2.30. The van der Waals surface area contributed by atoms with Crippen LogP contribution in [0.25, 0.3) is 0 Å². The van der Waals surface area contributed by atoms with Crippen molar-refractivity contribution in [3.05, 3.63) is 24.3 Å². The summed E-state index contributed by atoms with van der Waals surface area (Å²) < 4.78 is 5.84. The van der Waals surface area contributed by atoms with E-state index in [1.807, 2.05) is 24.3 Å². The minimum absolute atomic E-state index is 0.0782. The van der Waals surface area contributed by atoms with Crippen LogP contribution in [0.2, 0.25) is 0 Å². The molecule has 2 N–H and O–H groups in total. The first kappa shape index (κ1) is 14.2. The monoisotopic (exact) mass is 263 g/mol. The van der Waals surface area contributed by atoms with E-state index in [1.165, 1.54) is 0 Å². The highest BCUT2D eigenvalue weighted by atomic mass is 16.5. The van der Waals surface area contributed by atoms with Gasteiger partial charge in [0.2, 0.25) is 0 Å². The molecule has 1 aliphatic carbocycles. The van der Waals surface area contributed by atoms with Crippen molar-refractivity contribution < 1.29 is 9.84 Å². The zero-order valence-electron chi connectivity index (χ0n) is 12.3. The van der Waals surface area contributed by atoms with Crippen LogP contribution in [-0.2, 0) is 0 Å². The SMILES string of the molecule is CC(C)COc1ccccc1NC1CC(O)C1(C)C. The molecule has 0 bridgehead atoms. The van der Waals surface area contributed by atoms with Crippen LogP contribution in [0, 0.1) is 11.3 Å². The zero-order chi connectivity index (χ0) is 14.0. The predicted octanol–water partition coefficient (Wildman–Crippen LogP) is 3.29. The second-order valence-corrected chi connectivity index (χ2v) is 6.47. The van der Waals surface area contributed by atoms with Gasteiger partial charge < -0.3 is 15.2 Å². The molecule has 1 fully saturated rings. The van der Waals surface area contributed by atoms with Gasteiger partial charge in [0.25, 0.3) is 0 Å². The van der Waals surface area contributed by atoms with Gasteiger partial charge in [0.1, 0.15) is 5.75 Å². The molecule has 0 aromatic heterocycles. The lowest BCUT2D eigenvalue weighted by Crippen LogP contribution is -2.56. The van der Waals surface area contributed by atoms with Gasteiger partial charge >= 0.3 is 0 Å². The number of anilines is 1. The van der Waals surface area contributed by atoms with Crippen molar-refractivity contribution in [2.24, 2.45) is 11.3 Å². The summed E-state index contributed by atoms with van der Waals surface area (Å²) in [7, 11) is 0. The highest BCUT2D eigenvalue weighted by molar-refractivity contribution is 5.57. The van der Waals surface area contributed by atoms with Crippen LogP contribution in [0.3, 0.4) is 0 Å². The minimum atomic E-state index is -0.214. The van der Waals surface area contributed by atoms with E-state index in [1.54, 1.807) is 0 Å². The largest absolute Gasteiger partial charge is 0.491 e. The number of aliphatic hydroxyl groups excluding tert-OH is 1. The summed E-state index contributed by atoms with van der Waals surface area (Å²) in [4.78, 5) is 0. The molecule has 2 unspecified atom stereocenters. The van der Waals surface area contributed by atoms with Crippen LogP contribution >= 0.6 is 0 Å². The number of hydrogen-bond donors (Lipinski definition) is 2. The Morgan fingerprint density at radius 3 is 2.63 bits per heavy atom. The summed E-state index contributed by atoms with van der Waals surface area (Å²) in [6.45, 7) is 9.19. The van der Waals surface area contributed by atoms with Crippen LogP contribution in [0.5, 0.6) is 5.75 Å². The van der Waals surface area contributed by atoms with Gasteiger partial charge in [-0.05, 0) is 24.5 Å². The van der Waals surface area contributed by atoms with Crippen LogP contribution in [0.4, 0.5) is 5.69 Å².